The second-order valence-electron chi connectivity index (χ2n) is 4.79. The smallest absolute Gasteiger partial charge is 0.248 e. The molecule has 0 aliphatic carbocycles. The third-order valence-corrected chi connectivity index (χ3v) is 3.11. The Balaban J connectivity index is 1.99. The molecular weight excluding hydrogens is 246 g/mol. The first-order chi connectivity index (χ1) is 9.67. The van der Waals surface area contributed by atoms with Gasteiger partial charge < -0.3 is 5.32 Å². The summed E-state index contributed by atoms with van der Waals surface area (Å²) in [6, 6.07) is 16.0. The van der Waals surface area contributed by atoms with Crippen molar-refractivity contribution in [2.24, 2.45) is 0 Å². The topological polar surface area (TPSA) is 29.1 Å². The number of anilines is 1. The van der Waals surface area contributed by atoms with E-state index in [9.17, 15) is 4.79 Å². The number of carbonyl (C=O) groups is 1. The minimum absolute atomic E-state index is 0.112. The molecule has 0 unspecified atom stereocenters. The number of hydrogen-bond donors (Lipinski definition) is 1. The summed E-state index contributed by atoms with van der Waals surface area (Å²) in [5.41, 5.74) is 4.28. The summed E-state index contributed by atoms with van der Waals surface area (Å²) in [5.74, 6) is -0.112. The minimum Gasteiger partial charge on any atom is -0.323 e. The van der Waals surface area contributed by atoms with Gasteiger partial charge in [-0.3, -0.25) is 4.79 Å². The van der Waals surface area contributed by atoms with Crippen LogP contribution in [0.4, 0.5) is 5.69 Å². The Hall–Kier alpha value is -2.35. The van der Waals surface area contributed by atoms with Crippen LogP contribution < -0.4 is 5.32 Å². The predicted octanol–water partition coefficient (Wildman–Crippen LogP) is 4.21. The highest BCUT2D eigenvalue weighted by atomic mass is 16.1. The largest absolute Gasteiger partial charge is 0.323 e. The van der Waals surface area contributed by atoms with Crippen molar-refractivity contribution in [1.82, 2.24) is 0 Å². The molecule has 20 heavy (non-hydrogen) atoms. The Labute approximate surface area is 120 Å². The molecule has 0 aliphatic rings. The van der Waals surface area contributed by atoms with Crippen LogP contribution in [0.2, 0.25) is 0 Å². The molecule has 2 heteroatoms. The number of nitrogens with one attached hydrogen (secondary N) is 1. The van der Waals surface area contributed by atoms with Crippen molar-refractivity contribution >= 4 is 17.7 Å². The van der Waals surface area contributed by atoms with Gasteiger partial charge in [0, 0.05) is 11.8 Å². The first kappa shape index (κ1) is 14.1. The van der Waals surface area contributed by atoms with Crippen LogP contribution in [0, 0.1) is 6.92 Å². The third-order valence-electron chi connectivity index (χ3n) is 3.11. The maximum atomic E-state index is 11.9. The lowest BCUT2D eigenvalue weighted by molar-refractivity contribution is -0.111. The molecule has 0 spiro atoms. The van der Waals surface area contributed by atoms with E-state index >= 15 is 0 Å². The van der Waals surface area contributed by atoms with Gasteiger partial charge in [0.1, 0.15) is 0 Å². The molecule has 0 aliphatic heterocycles. The Morgan fingerprint density at radius 1 is 1.15 bits per heavy atom. The minimum atomic E-state index is -0.112. The summed E-state index contributed by atoms with van der Waals surface area (Å²) in [4.78, 5) is 11.9. The van der Waals surface area contributed by atoms with Crippen LogP contribution in [0.25, 0.3) is 6.08 Å². The van der Waals surface area contributed by atoms with Crippen molar-refractivity contribution in [2.45, 2.75) is 20.3 Å². The zero-order valence-corrected chi connectivity index (χ0v) is 11.9. The van der Waals surface area contributed by atoms with Crippen molar-refractivity contribution in [3.63, 3.8) is 0 Å². The Bertz CT molecular complexity index is 612. The number of carbonyl (C=O) groups excluding carboxylic acids is 1. The van der Waals surface area contributed by atoms with Crippen molar-refractivity contribution in [3.8, 4) is 0 Å². The lowest BCUT2D eigenvalue weighted by atomic mass is 10.1. The Morgan fingerprint density at radius 3 is 2.60 bits per heavy atom. The van der Waals surface area contributed by atoms with E-state index in [0.717, 1.165) is 17.7 Å². The van der Waals surface area contributed by atoms with Crippen LogP contribution in [0.15, 0.2) is 54.6 Å². The van der Waals surface area contributed by atoms with Crippen LogP contribution in [0.5, 0.6) is 0 Å². The fourth-order valence-corrected chi connectivity index (χ4v) is 1.90. The summed E-state index contributed by atoms with van der Waals surface area (Å²) < 4.78 is 0. The molecule has 0 saturated heterocycles. The number of aryl methyl sites for hydroxylation is 2. The van der Waals surface area contributed by atoms with Crippen LogP contribution in [-0.2, 0) is 11.2 Å². The van der Waals surface area contributed by atoms with E-state index in [0.29, 0.717) is 0 Å². The van der Waals surface area contributed by atoms with E-state index in [4.69, 9.17) is 0 Å². The van der Waals surface area contributed by atoms with Gasteiger partial charge in [-0.05, 0) is 42.7 Å². The molecule has 0 fully saturated rings. The molecule has 2 aromatic carbocycles. The molecule has 1 N–H and O–H groups in total. The van der Waals surface area contributed by atoms with Crippen molar-refractivity contribution in [3.05, 3.63) is 71.3 Å². The van der Waals surface area contributed by atoms with Crippen molar-refractivity contribution < 1.29 is 4.79 Å². The SMILES string of the molecule is CCc1cccc(NC(=O)C=Cc2ccc(C)cc2)c1. The van der Waals surface area contributed by atoms with Gasteiger partial charge >= 0.3 is 0 Å². The highest BCUT2D eigenvalue weighted by molar-refractivity contribution is 6.01. The van der Waals surface area contributed by atoms with E-state index in [2.05, 4.69) is 18.3 Å². The lowest BCUT2D eigenvalue weighted by Crippen LogP contribution is -2.07. The Kier molecular flexibility index (Phi) is 4.72. The van der Waals surface area contributed by atoms with Crippen LogP contribution >= 0.6 is 0 Å². The van der Waals surface area contributed by atoms with Gasteiger partial charge in [-0.1, -0.05) is 48.9 Å². The molecule has 0 aromatic heterocycles. The third kappa shape index (κ3) is 4.09. The van der Waals surface area contributed by atoms with Gasteiger partial charge in [0.25, 0.3) is 0 Å². The van der Waals surface area contributed by atoms with Gasteiger partial charge in [0.2, 0.25) is 5.91 Å². The van der Waals surface area contributed by atoms with Crippen LogP contribution in [0.1, 0.15) is 23.6 Å². The zero-order valence-electron chi connectivity index (χ0n) is 11.9. The molecule has 0 radical (unpaired) electrons. The maximum Gasteiger partial charge on any atom is 0.248 e. The number of amides is 1. The van der Waals surface area contributed by atoms with Gasteiger partial charge in [-0.25, -0.2) is 0 Å². The van der Waals surface area contributed by atoms with Gasteiger partial charge in [-0.2, -0.15) is 0 Å². The number of hydrogen-bond acceptors (Lipinski definition) is 1. The zero-order chi connectivity index (χ0) is 14.4. The molecule has 0 saturated carbocycles. The second kappa shape index (κ2) is 6.71. The Morgan fingerprint density at radius 2 is 1.90 bits per heavy atom. The van der Waals surface area contributed by atoms with Crippen molar-refractivity contribution in [1.29, 1.82) is 0 Å². The summed E-state index contributed by atoms with van der Waals surface area (Å²) in [6.07, 6.45) is 4.34. The van der Waals surface area contributed by atoms with E-state index in [1.54, 1.807) is 6.08 Å². The molecule has 0 heterocycles. The van der Waals surface area contributed by atoms with Gasteiger partial charge in [0.05, 0.1) is 0 Å². The average molecular weight is 265 g/mol. The molecule has 102 valence electrons. The quantitative estimate of drug-likeness (QED) is 0.824. The summed E-state index contributed by atoms with van der Waals surface area (Å²) in [5, 5.41) is 2.87. The average Bonchev–Trinajstić information content (AvgIpc) is 2.47. The lowest BCUT2D eigenvalue weighted by Gasteiger charge is -2.04. The molecule has 0 bridgehead atoms. The number of benzene rings is 2. The second-order valence-corrected chi connectivity index (χ2v) is 4.79. The van der Waals surface area contributed by atoms with Gasteiger partial charge in [0.15, 0.2) is 0 Å². The van der Waals surface area contributed by atoms with Crippen LogP contribution in [-0.4, -0.2) is 5.91 Å². The standard InChI is InChI=1S/C18H19NO/c1-3-15-5-4-6-17(13-15)19-18(20)12-11-16-9-7-14(2)8-10-16/h4-13H,3H2,1-2H3,(H,19,20). The predicted molar refractivity (Wildman–Crippen MR) is 84.7 cm³/mol. The molecule has 0 atom stereocenters. The molecular formula is C18H19NO. The first-order valence-electron chi connectivity index (χ1n) is 6.82. The molecule has 2 rings (SSSR count). The van der Waals surface area contributed by atoms with E-state index in [1.165, 1.54) is 11.1 Å². The van der Waals surface area contributed by atoms with Crippen molar-refractivity contribution in [2.75, 3.05) is 5.32 Å². The monoisotopic (exact) mass is 265 g/mol. The van der Waals surface area contributed by atoms with Gasteiger partial charge in [-0.15, -0.1) is 0 Å². The fourth-order valence-electron chi connectivity index (χ4n) is 1.90. The summed E-state index contributed by atoms with van der Waals surface area (Å²) in [6.45, 7) is 4.14. The highest BCUT2D eigenvalue weighted by Gasteiger charge is 1.98. The first-order valence-corrected chi connectivity index (χ1v) is 6.82. The summed E-state index contributed by atoms with van der Waals surface area (Å²) >= 11 is 0. The number of rotatable bonds is 4. The van der Waals surface area contributed by atoms with E-state index in [1.807, 2.05) is 55.5 Å². The van der Waals surface area contributed by atoms with Crippen LogP contribution in [0.3, 0.4) is 0 Å². The van der Waals surface area contributed by atoms with E-state index < -0.39 is 0 Å². The summed E-state index contributed by atoms with van der Waals surface area (Å²) in [7, 11) is 0. The van der Waals surface area contributed by atoms with E-state index in [-0.39, 0.29) is 5.91 Å². The normalized spacial score (nSPS) is 10.7. The maximum absolute atomic E-state index is 11.9. The molecule has 2 nitrogen and oxygen atoms in total. The molecule has 1 amide bonds. The molecule has 2 aromatic rings. The fraction of sp³-hybridized carbons (Fsp3) is 0.167. The highest BCUT2D eigenvalue weighted by Crippen LogP contribution is 2.11.